The lowest BCUT2D eigenvalue weighted by molar-refractivity contribution is -0.118. The van der Waals surface area contributed by atoms with Gasteiger partial charge in [0.2, 0.25) is 5.91 Å². The Morgan fingerprint density at radius 2 is 2.11 bits per heavy atom. The molecule has 0 aromatic heterocycles. The summed E-state index contributed by atoms with van der Waals surface area (Å²) in [5, 5.41) is 8.22. The molecule has 0 radical (unpaired) electrons. The minimum atomic E-state index is -0.477. The van der Waals surface area contributed by atoms with Gasteiger partial charge in [-0.3, -0.25) is 10.1 Å². The predicted octanol–water partition coefficient (Wildman–Crippen LogP) is 1.99. The summed E-state index contributed by atoms with van der Waals surface area (Å²) in [4.78, 5) is 22.6. The molecule has 0 saturated heterocycles. The number of carbonyl (C=O) groups is 2. The van der Waals surface area contributed by atoms with Crippen molar-refractivity contribution in [2.45, 2.75) is 13.3 Å². The van der Waals surface area contributed by atoms with E-state index in [0.29, 0.717) is 11.6 Å². The second kappa shape index (κ2) is 7.55. The third kappa shape index (κ3) is 5.54. The third-order valence-electron chi connectivity index (χ3n) is 2.07. The monoisotopic (exact) mass is 269 g/mol. The number of imide groups is 1. The molecule has 3 amide bonds. The molecule has 0 spiro atoms. The highest BCUT2D eigenvalue weighted by atomic mass is 35.5. The van der Waals surface area contributed by atoms with E-state index in [1.807, 2.05) is 6.92 Å². The van der Waals surface area contributed by atoms with Gasteiger partial charge in [0.05, 0.1) is 6.54 Å². The number of urea groups is 1. The van der Waals surface area contributed by atoms with Crippen molar-refractivity contribution < 1.29 is 9.59 Å². The van der Waals surface area contributed by atoms with E-state index in [1.54, 1.807) is 24.3 Å². The predicted molar refractivity (Wildman–Crippen MR) is 71.8 cm³/mol. The average molecular weight is 270 g/mol. The first-order valence-electron chi connectivity index (χ1n) is 5.69. The van der Waals surface area contributed by atoms with Gasteiger partial charge < -0.3 is 10.6 Å². The summed E-state index contributed by atoms with van der Waals surface area (Å²) >= 11 is 5.80. The molecule has 6 heteroatoms. The van der Waals surface area contributed by atoms with Gasteiger partial charge in [0.15, 0.2) is 0 Å². The minimum Gasteiger partial charge on any atom is -0.376 e. The lowest BCUT2D eigenvalue weighted by atomic mass is 10.3. The van der Waals surface area contributed by atoms with Crippen molar-refractivity contribution >= 4 is 29.2 Å². The summed E-state index contributed by atoms with van der Waals surface area (Å²) in [6.07, 6.45) is 0.822. The summed E-state index contributed by atoms with van der Waals surface area (Å²) in [6.45, 7) is 2.49. The topological polar surface area (TPSA) is 70.2 Å². The molecule has 1 aromatic carbocycles. The van der Waals surface area contributed by atoms with E-state index in [-0.39, 0.29) is 6.54 Å². The van der Waals surface area contributed by atoms with E-state index in [9.17, 15) is 9.59 Å². The number of nitrogens with one attached hydrogen (secondary N) is 3. The van der Waals surface area contributed by atoms with Crippen molar-refractivity contribution in [1.29, 1.82) is 0 Å². The van der Waals surface area contributed by atoms with Crippen LogP contribution in [0.25, 0.3) is 0 Å². The number of amides is 3. The fourth-order valence-electron chi connectivity index (χ4n) is 1.23. The second-order valence-electron chi connectivity index (χ2n) is 3.67. The first-order valence-corrected chi connectivity index (χ1v) is 6.06. The highest BCUT2D eigenvalue weighted by Crippen LogP contribution is 2.14. The van der Waals surface area contributed by atoms with Crippen molar-refractivity contribution in [3.63, 3.8) is 0 Å². The third-order valence-corrected chi connectivity index (χ3v) is 2.30. The normalized spacial score (nSPS) is 9.67. The Morgan fingerprint density at radius 1 is 1.33 bits per heavy atom. The van der Waals surface area contributed by atoms with Crippen LogP contribution in [-0.2, 0) is 4.79 Å². The molecule has 0 saturated carbocycles. The molecule has 0 aliphatic carbocycles. The molecule has 1 rings (SSSR count). The lowest BCUT2D eigenvalue weighted by Crippen LogP contribution is -2.42. The molecule has 98 valence electrons. The maximum Gasteiger partial charge on any atom is 0.321 e. The zero-order valence-electron chi connectivity index (χ0n) is 10.1. The Bertz CT molecular complexity index is 424. The van der Waals surface area contributed by atoms with Crippen molar-refractivity contribution in [2.75, 3.05) is 18.4 Å². The van der Waals surface area contributed by atoms with Crippen LogP contribution in [0, 0.1) is 0 Å². The summed E-state index contributed by atoms with van der Waals surface area (Å²) in [6, 6.07) is 6.53. The first kappa shape index (κ1) is 14.3. The summed E-state index contributed by atoms with van der Waals surface area (Å²) in [5.74, 6) is -0.399. The van der Waals surface area contributed by atoms with Gasteiger partial charge in [-0.05, 0) is 24.6 Å². The molecule has 1 aromatic rings. The van der Waals surface area contributed by atoms with Crippen LogP contribution in [0.3, 0.4) is 0 Å². The van der Waals surface area contributed by atoms with Gasteiger partial charge in [-0.2, -0.15) is 0 Å². The Hall–Kier alpha value is -1.75. The SMILES string of the molecule is CCCNC(=O)NC(=O)CNc1cccc(Cl)c1. The molecule has 5 nitrogen and oxygen atoms in total. The van der Waals surface area contributed by atoms with Crippen LogP contribution in [0.1, 0.15) is 13.3 Å². The quantitative estimate of drug-likeness (QED) is 0.766. The number of halogens is 1. The number of benzene rings is 1. The molecule has 18 heavy (non-hydrogen) atoms. The highest BCUT2D eigenvalue weighted by molar-refractivity contribution is 6.30. The zero-order chi connectivity index (χ0) is 13.4. The maximum absolute atomic E-state index is 11.4. The van der Waals surface area contributed by atoms with Crippen LogP contribution >= 0.6 is 11.6 Å². The van der Waals surface area contributed by atoms with Crippen LogP contribution in [-0.4, -0.2) is 25.0 Å². The van der Waals surface area contributed by atoms with Crippen LogP contribution in [0.15, 0.2) is 24.3 Å². The molecule has 0 unspecified atom stereocenters. The maximum atomic E-state index is 11.4. The molecule has 0 atom stereocenters. The molecular weight excluding hydrogens is 254 g/mol. The molecule has 0 heterocycles. The van der Waals surface area contributed by atoms with Crippen molar-refractivity contribution in [2.24, 2.45) is 0 Å². The molecule has 0 bridgehead atoms. The Morgan fingerprint density at radius 3 is 2.78 bits per heavy atom. The van der Waals surface area contributed by atoms with E-state index < -0.39 is 11.9 Å². The Labute approximate surface area is 111 Å². The largest absolute Gasteiger partial charge is 0.376 e. The standard InChI is InChI=1S/C12H16ClN3O2/c1-2-6-14-12(18)16-11(17)8-15-10-5-3-4-9(13)7-10/h3-5,7,15H,2,6,8H2,1H3,(H2,14,16,17,18). The van der Waals surface area contributed by atoms with Gasteiger partial charge in [0, 0.05) is 17.3 Å². The number of hydrogen-bond acceptors (Lipinski definition) is 3. The Kier molecular flexibility index (Phi) is 6.00. The number of carbonyl (C=O) groups excluding carboxylic acids is 2. The second-order valence-corrected chi connectivity index (χ2v) is 4.10. The highest BCUT2D eigenvalue weighted by Gasteiger charge is 2.06. The molecule has 0 aliphatic heterocycles. The van der Waals surface area contributed by atoms with Crippen molar-refractivity contribution in [3.8, 4) is 0 Å². The minimum absolute atomic E-state index is 0.0138. The van der Waals surface area contributed by atoms with Crippen molar-refractivity contribution in [1.82, 2.24) is 10.6 Å². The van der Waals surface area contributed by atoms with Gasteiger partial charge >= 0.3 is 6.03 Å². The summed E-state index contributed by atoms with van der Waals surface area (Å²) in [5.41, 5.74) is 0.728. The first-order chi connectivity index (χ1) is 8.61. The summed E-state index contributed by atoms with van der Waals surface area (Å²) in [7, 11) is 0. The van der Waals surface area contributed by atoms with E-state index >= 15 is 0 Å². The van der Waals surface area contributed by atoms with Crippen LogP contribution in [0.5, 0.6) is 0 Å². The summed E-state index contributed by atoms with van der Waals surface area (Å²) < 4.78 is 0. The van der Waals surface area contributed by atoms with E-state index in [0.717, 1.165) is 12.1 Å². The fraction of sp³-hybridized carbons (Fsp3) is 0.333. The molecule has 3 N–H and O–H groups in total. The number of rotatable bonds is 5. The smallest absolute Gasteiger partial charge is 0.321 e. The lowest BCUT2D eigenvalue weighted by Gasteiger charge is -2.07. The fourth-order valence-corrected chi connectivity index (χ4v) is 1.42. The molecule has 0 aliphatic rings. The number of anilines is 1. The van der Waals surface area contributed by atoms with Crippen LogP contribution < -0.4 is 16.0 Å². The van der Waals surface area contributed by atoms with Gasteiger partial charge in [-0.1, -0.05) is 24.6 Å². The van der Waals surface area contributed by atoms with E-state index in [1.165, 1.54) is 0 Å². The van der Waals surface area contributed by atoms with Crippen LogP contribution in [0.2, 0.25) is 5.02 Å². The van der Waals surface area contributed by atoms with Crippen LogP contribution in [0.4, 0.5) is 10.5 Å². The van der Waals surface area contributed by atoms with Gasteiger partial charge in [0.25, 0.3) is 0 Å². The van der Waals surface area contributed by atoms with E-state index in [4.69, 9.17) is 11.6 Å². The van der Waals surface area contributed by atoms with Gasteiger partial charge in [0.1, 0.15) is 0 Å². The Balaban J connectivity index is 2.31. The van der Waals surface area contributed by atoms with E-state index in [2.05, 4.69) is 16.0 Å². The van der Waals surface area contributed by atoms with Gasteiger partial charge in [-0.15, -0.1) is 0 Å². The average Bonchev–Trinajstić information content (AvgIpc) is 2.34. The number of hydrogen-bond donors (Lipinski definition) is 3. The zero-order valence-corrected chi connectivity index (χ0v) is 10.9. The molecule has 0 fully saturated rings. The van der Waals surface area contributed by atoms with Crippen molar-refractivity contribution in [3.05, 3.63) is 29.3 Å². The van der Waals surface area contributed by atoms with Gasteiger partial charge in [-0.25, -0.2) is 4.79 Å². The molecular formula is C12H16ClN3O2.